The van der Waals surface area contributed by atoms with Crippen molar-refractivity contribution in [1.82, 2.24) is 0 Å². The highest BCUT2D eigenvalue weighted by Gasteiger charge is 2.40. The molecule has 0 aliphatic carbocycles. The van der Waals surface area contributed by atoms with E-state index in [-0.39, 0.29) is 22.0 Å². The highest BCUT2D eigenvalue weighted by molar-refractivity contribution is 8.54. The Morgan fingerprint density at radius 3 is 2.24 bits per heavy atom. The lowest BCUT2D eigenvalue weighted by Crippen LogP contribution is -2.32. The van der Waals surface area contributed by atoms with Gasteiger partial charge in [-0.2, -0.15) is 0 Å². The topological polar surface area (TPSA) is 159 Å². The Morgan fingerprint density at radius 2 is 1.68 bits per heavy atom. The fraction of sp³-hybridized carbons (Fsp3) is 0.200. The summed E-state index contributed by atoms with van der Waals surface area (Å²) in [6.45, 7) is -3.31. The van der Waals surface area contributed by atoms with E-state index < -0.39 is 35.6 Å². The summed E-state index contributed by atoms with van der Waals surface area (Å²) < 4.78 is 11.3. The molecule has 7 N–H and O–H groups in total. The molecule has 0 amide bonds. The van der Waals surface area contributed by atoms with Crippen LogP contribution in [-0.2, 0) is 10.4 Å². The van der Waals surface area contributed by atoms with Crippen molar-refractivity contribution in [1.29, 1.82) is 0 Å². The third kappa shape index (κ3) is 4.46. The molecule has 2 aromatic rings. The van der Waals surface area contributed by atoms with Gasteiger partial charge < -0.3 is 35.3 Å². The molecule has 2 aromatic carbocycles. The molecule has 0 spiro atoms. The lowest BCUT2D eigenvalue weighted by Gasteiger charge is -2.31. The molecule has 136 valence electrons. The van der Waals surface area contributed by atoms with E-state index in [0.717, 1.165) is 12.1 Å². The Labute approximate surface area is 146 Å². The molecule has 0 aromatic heterocycles. The number of aliphatic hydroxyl groups is 2. The summed E-state index contributed by atoms with van der Waals surface area (Å²) in [4.78, 5) is 17.9. The molecule has 0 heterocycles. The molecule has 0 radical (unpaired) electrons. The Bertz CT molecular complexity index is 832. The van der Waals surface area contributed by atoms with Gasteiger partial charge in [0.05, 0.1) is 5.56 Å². The van der Waals surface area contributed by atoms with Gasteiger partial charge in [-0.15, -0.1) is 0 Å². The largest absolute Gasteiger partial charge is 0.508 e. The molecule has 0 aliphatic heterocycles. The number of phenols is 3. The van der Waals surface area contributed by atoms with Crippen LogP contribution in [0.2, 0.25) is 0 Å². The molecule has 0 saturated carbocycles. The lowest BCUT2D eigenvalue weighted by molar-refractivity contribution is -0.187. The summed E-state index contributed by atoms with van der Waals surface area (Å²) in [5.41, 5.74) is -0.251. The van der Waals surface area contributed by atoms with Crippen molar-refractivity contribution in [2.75, 3.05) is 0 Å². The van der Waals surface area contributed by atoms with E-state index in [1.807, 2.05) is 0 Å². The molecule has 0 fully saturated rings. The van der Waals surface area contributed by atoms with Crippen LogP contribution in [0.1, 0.15) is 24.0 Å². The third-order valence-electron chi connectivity index (χ3n) is 3.63. The summed E-state index contributed by atoms with van der Waals surface area (Å²) >= 11 is -0.0244. The smallest absolute Gasteiger partial charge is 0.388 e. The Balaban J connectivity index is 2.60. The summed E-state index contributed by atoms with van der Waals surface area (Å²) in [6.07, 6.45) is 0. The average Bonchev–Trinajstić information content (AvgIpc) is 2.43. The van der Waals surface area contributed by atoms with Crippen molar-refractivity contribution in [3.8, 4) is 17.2 Å². The zero-order valence-electron chi connectivity index (χ0n) is 12.9. The van der Waals surface area contributed by atoms with E-state index in [4.69, 9.17) is 9.79 Å². The van der Waals surface area contributed by atoms with Crippen molar-refractivity contribution in [3.63, 3.8) is 0 Å². The monoisotopic (exact) mass is 388 g/mol. The van der Waals surface area contributed by atoms with Gasteiger partial charge in [0.1, 0.15) is 17.2 Å². The van der Waals surface area contributed by atoms with Crippen LogP contribution in [0.4, 0.5) is 0 Å². The van der Waals surface area contributed by atoms with Gasteiger partial charge in [-0.1, -0.05) is 19.1 Å². The maximum absolute atomic E-state index is 11.3. The maximum atomic E-state index is 11.3. The van der Waals surface area contributed by atoms with Gasteiger partial charge in [0, 0.05) is 16.9 Å². The first-order valence-electron chi connectivity index (χ1n) is 6.97. The van der Waals surface area contributed by atoms with Gasteiger partial charge in [-0.05, 0) is 35.1 Å². The number of aromatic hydroxyl groups is 3. The Kier molecular flexibility index (Phi) is 5.38. The molecule has 2 rings (SSSR count). The summed E-state index contributed by atoms with van der Waals surface area (Å²) in [5, 5.41) is 50.4. The van der Waals surface area contributed by atoms with E-state index in [2.05, 4.69) is 0 Å². The molecular weight excluding hydrogens is 371 g/mol. The fourth-order valence-corrected chi connectivity index (χ4v) is 4.38. The van der Waals surface area contributed by atoms with Gasteiger partial charge in [-0.25, -0.2) is 4.57 Å². The first kappa shape index (κ1) is 19.6. The quantitative estimate of drug-likeness (QED) is 0.300. The van der Waals surface area contributed by atoms with Gasteiger partial charge in [0.2, 0.25) is 5.79 Å². The molecule has 1 unspecified atom stereocenters. The normalized spacial score (nSPS) is 13.6. The first-order valence-corrected chi connectivity index (χ1v) is 10.0. The highest BCUT2D eigenvalue weighted by atomic mass is 32.7. The fourth-order valence-electron chi connectivity index (χ4n) is 2.40. The molecule has 8 nitrogen and oxygen atoms in total. The zero-order chi connectivity index (χ0) is 19.0. The van der Waals surface area contributed by atoms with E-state index >= 15 is 0 Å². The SMILES string of the molecule is CC(c1cccc(O)c1)C(O)(O)c1c(O)cc(O)cc1SP(=O)(O)O. The summed E-state index contributed by atoms with van der Waals surface area (Å²) in [7, 11) is 0. The molecule has 10 heteroatoms. The third-order valence-corrected chi connectivity index (χ3v) is 5.69. The maximum Gasteiger partial charge on any atom is 0.388 e. The van der Waals surface area contributed by atoms with Crippen LogP contribution in [0.25, 0.3) is 0 Å². The highest BCUT2D eigenvalue weighted by Crippen LogP contribution is 2.58. The van der Waals surface area contributed by atoms with Crippen molar-refractivity contribution >= 4 is 18.2 Å². The van der Waals surface area contributed by atoms with Gasteiger partial charge in [-0.3, -0.25) is 0 Å². The van der Waals surface area contributed by atoms with E-state index in [1.54, 1.807) is 0 Å². The summed E-state index contributed by atoms with van der Waals surface area (Å²) in [6, 6.07) is 7.42. The predicted octanol–water partition coefficient (Wildman–Crippen LogP) is 1.93. The van der Waals surface area contributed by atoms with E-state index in [9.17, 15) is 30.1 Å². The minimum atomic E-state index is -4.70. The van der Waals surface area contributed by atoms with Gasteiger partial charge in [0.25, 0.3) is 0 Å². The van der Waals surface area contributed by atoms with Crippen LogP contribution in [0.3, 0.4) is 0 Å². The lowest BCUT2D eigenvalue weighted by atomic mass is 9.86. The molecule has 1 atom stereocenters. The number of hydrogen-bond donors (Lipinski definition) is 7. The molecule has 0 bridgehead atoms. The average molecular weight is 388 g/mol. The number of hydrogen-bond acceptors (Lipinski definition) is 7. The van der Waals surface area contributed by atoms with Crippen LogP contribution in [-0.4, -0.2) is 35.3 Å². The molecular formula is C15H17O8PS. The van der Waals surface area contributed by atoms with E-state index in [0.29, 0.717) is 5.56 Å². The Hall–Kier alpha value is -1.74. The second-order valence-corrected chi connectivity index (χ2v) is 9.04. The number of benzene rings is 2. The number of rotatable bonds is 5. The second kappa shape index (κ2) is 6.87. The van der Waals surface area contributed by atoms with Crippen molar-refractivity contribution in [2.24, 2.45) is 0 Å². The Morgan fingerprint density at radius 1 is 1.04 bits per heavy atom. The standard InChI is InChI=1S/C15H17O8PS/c1-8(9-3-2-4-10(16)5-9)15(19,20)14-12(18)6-11(17)7-13(14)25-24(21,22)23/h2-8,16-20H,1H3,(H2,21,22,23). The van der Waals surface area contributed by atoms with Crippen LogP contribution in [0.15, 0.2) is 41.3 Å². The second-order valence-electron chi connectivity index (χ2n) is 5.46. The molecule has 0 saturated heterocycles. The van der Waals surface area contributed by atoms with Crippen molar-refractivity contribution in [2.45, 2.75) is 23.5 Å². The van der Waals surface area contributed by atoms with Crippen LogP contribution in [0.5, 0.6) is 17.2 Å². The van der Waals surface area contributed by atoms with Crippen molar-refractivity contribution < 1.29 is 39.9 Å². The van der Waals surface area contributed by atoms with Crippen LogP contribution < -0.4 is 0 Å². The molecule has 25 heavy (non-hydrogen) atoms. The van der Waals surface area contributed by atoms with Crippen LogP contribution in [0, 0.1) is 0 Å². The van der Waals surface area contributed by atoms with Gasteiger partial charge >= 0.3 is 6.80 Å². The zero-order valence-corrected chi connectivity index (χ0v) is 14.6. The number of phenolic OH excluding ortho intramolecular Hbond substituents is 3. The van der Waals surface area contributed by atoms with E-state index in [1.165, 1.54) is 31.2 Å². The minimum Gasteiger partial charge on any atom is -0.508 e. The first-order chi connectivity index (χ1) is 11.4. The molecule has 0 aliphatic rings. The van der Waals surface area contributed by atoms with Gasteiger partial charge in [0.15, 0.2) is 0 Å². The minimum absolute atomic E-state index is 0.0244. The predicted molar refractivity (Wildman–Crippen MR) is 90.3 cm³/mol. The van der Waals surface area contributed by atoms with Crippen molar-refractivity contribution in [3.05, 3.63) is 47.5 Å². The van der Waals surface area contributed by atoms with Crippen LogP contribution >= 0.6 is 18.2 Å². The summed E-state index contributed by atoms with van der Waals surface area (Å²) in [5.74, 6) is -5.19.